The molecule has 0 atom stereocenters. The molecule has 0 bridgehead atoms. The van der Waals surface area contributed by atoms with Crippen LogP contribution in [0.1, 0.15) is 23.6 Å². The zero-order chi connectivity index (χ0) is 20.1. The lowest BCUT2D eigenvalue weighted by Gasteiger charge is -2.06. The van der Waals surface area contributed by atoms with Gasteiger partial charge in [-0.05, 0) is 55.7 Å². The predicted octanol–water partition coefficient (Wildman–Crippen LogP) is 4.02. The Morgan fingerprint density at radius 1 is 1.14 bits per heavy atom. The predicted molar refractivity (Wildman–Crippen MR) is 112 cm³/mol. The molecular weight excluding hydrogens is 372 g/mol. The average molecular weight is 394 g/mol. The smallest absolute Gasteiger partial charge is 0.326 e. The molecule has 2 aromatic carbocycles. The maximum absolute atomic E-state index is 12.4. The molecule has 0 saturated heterocycles. The number of hydrogen-bond donors (Lipinski definition) is 0. The van der Waals surface area contributed by atoms with E-state index in [0.29, 0.717) is 11.4 Å². The highest BCUT2D eigenvalue weighted by molar-refractivity contribution is 7.16. The fourth-order valence-corrected chi connectivity index (χ4v) is 3.87. The van der Waals surface area contributed by atoms with Gasteiger partial charge in [-0.3, -0.25) is 9.59 Å². The Bertz CT molecular complexity index is 1110. The summed E-state index contributed by atoms with van der Waals surface area (Å²) in [6, 6.07) is 13.6. The second-order valence-electron chi connectivity index (χ2n) is 6.37. The highest BCUT2D eigenvalue weighted by atomic mass is 32.1. The molecule has 1 amide bonds. The van der Waals surface area contributed by atoms with Crippen molar-refractivity contribution in [2.24, 2.45) is 4.99 Å². The standard InChI is InChI=1S/C22H22N2O3S/c1-4-27-21(26)14-24-18-12-15(2)16(3)13-19(18)28-22(24)23-20(25)11-10-17-8-6-5-7-9-17/h5-13H,4,14H2,1-3H3/b11-10+,23-22?. The molecule has 0 aliphatic carbocycles. The summed E-state index contributed by atoms with van der Waals surface area (Å²) in [5.41, 5.74) is 4.07. The summed E-state index contributed by atoms with van der Waals surface area (Å²) in [4.78, 5) is 29.2. The first-order valence-corrected chi connectivity index (χ1v) is 9.87. The number of ether oxygens (including phenoxy) is 1. The minimum Gasteiger partial charge on any atom is -0.465 e. The van der Waals surface area contributed by atoms with Gasteiger partial charge in [0.15, 0.2) is 4.80 Å². The Morgan fingerprint density at radius 3 is 2.57 bits per heavy atom. The number of carbonyl (C=O) groups excluding carboxylic acids is 2. The fourth-order valence-electron chi connectivity index (χ4n) is 2.76. The molecule has 0 aliphatic rings. The summed E-state index contributed by atoms with van der Waals surface area (Å²) >= 11 is 1.39. The third kappa shape index (κ3) is 4.64. The first-order chi connectivity index (χ1) is 13.5. The van der Waals surface area contributed by atoms with Crippen molar-refractivity contribution in [3.05, 3.63) is 70.0 Å². The van der Waals surface area contributed by atoms with E-state index < -0.39 is 0 Å². The maximum atomic E-state index is 12.4. The van der Waals surface area contributed by atoms with Crippen LogP contribution < -0.4 is 4.80 Å². The average Bonchev–Trinajstić information content (AvgIpc) is 2.97. The number of hydrogen-bond acceptors (Lipinski definition) is 4. The second-order valence-corrected chi connectivity index (χ2v) is 7.38. The van der Waals surface area contributed by atoms with E-state index >= 15 is 0 Å². The zero-order valence-corrected chi connectivity index (χ0v) is 17.0. The van der Waals surface area contributed by atoms with Crippen LogP contribution in [0.15, 0.2) is 53.5 Å². The third-order valence-corrected chi connectivity index (χ3v) is 5.36. The lowest BCUT2D eigenvalue weighted by Crippen LogP contribution is -2.22. The summed E-state index contributed by atoms with van der Waals surface area (Å²) in [6.07, 6.45) is 3.16. The molecule has 3 rings (SSSR count). The largest absolute Gasteiger partial charge is 0.465 e. The van der Waals surface area contributed by atoms with E-state index in [-0.39, 0.29) is 18.4 Å². The molecule has 0 unspecified atom stereocenters. The molecule has 0 fully saturated rings. The van der Waals surface area contributed by atoms with Gasteiger partial charge in [-0.15, -0.1) is 0 Å². The maximum Gasteiger partial charge on any atom is 0.326 e. The minimum absolute atomic E-state index is 0.0187. The molecular formula is C22H22N2O3S. The Kier molecular flexibility index (Phi) is 6.21. The van der Waals surface area contributed by atoms with Gasteiger partial charge in [-0.2, -0.15) is 4.99 Å². The normalized spacial score (nSPS) is 12.0. The van der Waals surface area contributed by atoms with E-state index in [1.54, 1.807) is 17.6 Å². The van der Waals surface area contributed by atoms with Crippen molar-refractivity contribution in [2.45, 2.75) is 27.3 Å². The van der Waals surface area contributed by atoms with Gasteiger partial charge in [0, 0.05) is 6.08 Å². The Hall–Kier alpha value is -2.99. The number of esters is 1. The van der Waals surface area contributed by atoms with E-state index in [1.165, 1.54) is 17.4 Å². The summed E-state index contributed by atoms with van der Waals surface area (Å²) in [6.45, 7) is 6.15. The van der Waals surface area contributed by atoms with Crippen LogP contribution in [0.25, 0.3) is 16.3 Å². The van der Waals surface area contributed by atoms with Gasteiger partial charge in [0.1, 0.15) is 6.54 Å². The molecule has 0 N–H and O–H groups in total. The fraction of sp³-hybridized carbons (Fsp3) is 0.227. The van der Waals surface area contributed by atoms with Crippen molar-refractivity contribution < 1.29 is 14.3 Å². The van der Waals surface area contributed by atoms with Crippen LogP contribution in [-0.2, 0) is 20.9 Å². The van der Waals surface area contributed by atoms with Crippen molar-refractivity contribution in [1.82, 2.24) is 4.57 Å². The van der Waals surface area contributed by atoms with Crippen molar-refractivity contribution in [3.8, 4) is 0 Å². The van der Waals surface area contributed by atoms with Crippen molar-refractivity contribution >= 4 is 39.5 Å². The number of aryl methyl sites for hydroxylation is 2. The molecule has 0 aliphatic heterocycles. The van der Waals surface area contributed by atoms with E-state index in [9.17, 15) is 9.59 Å². The number of aromatic nitrogens is 1. The topological polar surface area (TPSA) is 60.7 Å². The number of nitrogens with zero attached hydrogens (tertiary/aromatic N) is 2. The molecule has 28 heavy (non-hydrogen) atoms. The molecule has 144 valence electrons. The van der Waals surface area contributed by atoms with Gasteiger partial charge in [-0.25, -0.2) is 0 Å². The highest BCUT2D eigenvalue weighted by Gasteiger charge is 2.13. The molecule has 1 heterocycles. The number of fused-ring (bicyclic) bond motifs is 1. The summed E-state index contributed by atoms with van der Waals surface area (Å²) < 4.78 is 7.81. The molecule has 0 radical (unpaired) electrons. The molecule has 1 aromatic heterocycles. The number of rotatable bonds is 5. The molecule has 0 spiro atoms. The van der Waals surface area contributed by atoms with Crippen molar-refractivity contribution in [1.29, 1.82) is 0 Å². The van der Waals surface area contributed by atoms with Crippen molar-refractivity contribution in [2.75, 3.05) is 6.61 Å². The van der Waals surface area contributed by atoms with Gasteiger partial charge in [-0.1, -0.05) is 41.7 Å². The third-order valence-electron chi connectivity index (χ3n) is 4.31. The Labute approximate surface area is 167 Å². The summed E-state index contributed by atoms with van der Waals surface area (Å²) in [5.74, 6) is -0.726. The summed E-state index contributed by atoms with van der Waals surface area (Å²) in [7, 11) is 0. The SMILES string of the molecule is CCOC(=O)Cn1c(=NC(=O)/C=C/c2ccccc2)sc2cc(C)c(C)cc21. The number of amides is 1. The van der Waals surface area contributed by atoms with Crippen LogP contribution >= 0.6 is 11.3 Å². The van der Waals surface area contributed by atoms with Gasteiger partial charge in [0.25, 0.3) is 5.91 Å². The van der Waals surface area contributed by atoms with Crippen LogP contribution in [0.3, 0.4) is 0 Å². The van der Waals surface area contributed by atoms with Crippen LogP contribution in [0.5, 0.6) is 0 Å². The minimum atomic E-state index is -0.374. The van der Waals surface area contributed by atoms with Gasteiger partial charge in [0.2, 0.25) is 0 Å². The lowest BCUT2D eigenvalue weighted by molar-refractivity contribution is -0.143. The highest BCUT2D eigenvalue weighted by Crippen LogP contribution is 2.22. The van der Waals surface area contributed by atoms with Crippen LogP contribution in [0, 0.1) is 13.8 Å². The van der Waals surface area contributed by atoms with Crippen molar-refractivity contribution in [3.63, 3.8) is 0 Å². The van der Waals surface area contributed by atoms with E-state index in [2.05, 4.69) is 11.1 Å². The zero-order valence-electron chi connectivity index (χ0n) is 16.1. The van der Waals surface area contributed by atoms with Crippen LogP contribution in [0.4, 0.5) is 0 Å². The number of thiazole rings is 1. The molecule has 6 heteroatoms. The van der Waals surface area contributed by atoms with Crippen LogP contribution in [0.2, 0.25) is 0 Å². The quantitative estimate of drug-likeness (QED) is 0.485. The number of carbonyl (C=O) groups is 2. The second kappa shape index (κ2) is 8.80. The monoisotopic (exact) mass is 394 g/mol. The van der Waals surface area contributed by atoms with E-state index in [0.717, 1.165) is 26.9 Å². The first-order valence-electron chi connectivity index (χ1n) is 9.06. The molecule has 5 nitrogen and oxygen atoms in total. The molecule has 0 saturated carbocycles. The Balaban J connectivity index is 2.02. The lowest BCUT2D eigenvalue weighted by atomic mass is 10.1. The van der Waals surface area contributed by atoms with E-state index in [1.807, 2.05) is 50.2 Å². The first kappa shape index (κ1) is 19.8. The van der Waals surface area contributed by atoms with Gasteiger partial charge in [0.05, 0.1) is 16.8 Å². The van der Waals surface area contributed by atoms with E-state index in [4.69, 9.17) is 4.74 Å². The van der Waals surface area contributed by atoms with Crippen LogP contribution in [-0.4, -0.2) is 23.1 Å². The summed E-state index contributed by atoms with van der Waals surface area (Å²) in [5, 5.41) is 0. The van der Waals surface area contributed by atoms with Gasteiger partial charge >= 0.3 is 5.97 Å². The Morgan fingerprint density at radius 2 is 1.86 bits per heavy atom. The molecule has 3 aromatic rings. The number of benzene rings is 2. The van der Waals surface area contributed by atoms with Gasteiger partial charge < -0.3 is 9.30 Å².